The molecular formula is C16H21N3S. The highest BCUT2D eigenvalue weighted by Gasteiger charge is 2.19. The van der Waals surface area contributed by atoms with Crippen LogP contribution in [-0.4, -0.2) is 16.0 Å². The lowest BCUT2D eigenvalue weighted by molar-refractivity contribution is 0.613. The number of nitrogens with zero attached hydrogens (tertiary/aromatic N) is 1. The molecule has 1 aromatic heterocycles. The van der Waals surface area contributed by atoms with Gasteiger partial charge in [-0.05, 0) is 29.9 Å². The zero-order valence-electron chi connectivity index (χ0n) is 11.6. The van der Waals surface area contributed by atoms with Crippen molar-refractivity contribution in [2.75, 3.05) is 5.75 Å². The molecule has 2 aromatic rings. The minimum Gasteiger partial charge on any atom is -0.271 e. The van der Waals surface area contributed by atoms with Crippen molar-refractivity contribution in [3.63, 3.8) is 0 Å². The Bertz CT molecular complexity index is 561. The van der Waals surface area contributed by atoms with E-state index in [2.05, 4.69) is 46.4 Å². The molecule has 0 bridgehead atoms. The second-order valence-corrected chi connectivity index (χ2v) is 6.74. The second-order valence-electron chi connectivity index (χ2n) is 5.40. The number of benzene rings is 1. The van der Waals surface area contributed by atoms with E-state index in [-0.39, 0.29) is 6.04 Å². The Morgan fingerprint density at radius 3 is 2.95 bits per heavy atom. The molecule has 20 heavy (non-hydrogen) atoms. The predicted octanol–water partition coefficient (Wildman–Crippen LogP) is 3.42. The van der Waals surface area contributed by atoms with Crippen molar-refractivity contribution in [2.45, 2.75) is 37.0 Å². The molecule has 1 saturated carbocycles. The Balaban J connectivity index is 1.79. The highest BCUT2D eigenvalue weighted by Crippen LogP contribution is 2.33. The van der Waals surface area contributed by atoms with Crippen LogP contribution in [0.1, 0.15) is 37.3 Å². The molecule has 3 rings (SSSR count). The van der Waals surface area contributed by atoms with Crippen LogP contribution in [0.5, 0.6) is 0 Å². The summed E-state index contributed by atoms with van der Waals surface area (Å²) in [5.41, 5.74) is 4.24. The molecule has 106 valence electrons. The summed E-state index contributed by atoms with van der Waals surface area (Å²) in [5.74, 6) is 6.82. The van der Waals surface area contributed by atoms with Crippen molar-refractivity contribution in [2.24, 2.45) is 5.84 Å². The van der Waals surface area contributed by atoms with Crippen molar-refractivity contribution in [3.8, 4) is 0 Å². The minimum absolute atomic E-state index is 0.188. The Hall–Kier alpha value is -1.10. The molecular weight excluding hydrogens is 266 g/mol. The molecule has 3 nitrogen and oxygen atoms in total. The quantitative estimate of drug-likeness (QED) is 0.653. The van der Waals surface area contributed by atoms with Gasteiger partial charge in [0.25, 0.3) is 0 Å². The summed E-state index contributed by atoms with van der Waals surface area (Å²) in [7, 11) is 0. The molecule has 0 spiro atoms. The first kappa shape index (κ1) is 13.9. The van der Waals surface area contributed by atoms with Gasteiger partial charge in [0.2, 0.25) is 0 Å². The Labute approximate surface area is 124 Å². The number of fused-ring (bicyclic) bond motifs is 1. The molecule has 3 N–H and O–H groups in total. The number of rotatable bonds is 5. The van der Waals surface area contributed by atoms with Crippen LogP contribution in [0.4, 0.5) is 0 Å². The fourth-order valence-corrected chi connectivity index (χ4v) is 4.36. The third-order valence-corrected chi connectivity index (χ3v) is 5.56. The number of nitrogens with one attached hydrogen (secondary N) is 1. The maximum Gasteiger partial charge on any atom is 0.0557 e. The first-order chi connectivity index (χ1) is 9.88. The highest BCUT2D eigenvalue weighted by atomic mass is 32.2. The number of hydrazine groups is 1. The van der Waals surface area contributed by atoms with Gasteiger partial charge in [0.15, 0.2) is 0 Å². The largest absolute Gasteiger partial charge is 0.271 e. The molecule has 4 heteroatoms. The van der Waals surface area contributed by atoms with Gasteiger partial charge in [-0.3, -0.25) is 16.3 Å². The Morgan fingerprint density at radius 1 is 1.30 bits per heavy atom. The van der Waals surface area contributed by atoms with E-state index < -0.39 is 0 Å². The average Bonchev–Trinajstić information content (AvgIpc) is 3.01. The summed E-state index contributed by atoms with van der Waals surface area (Å²) >= 11 is 2.06. The summed E-state index contributed by atoms with van der Waals surface area (Å²) in [6.45, 7) is 0. The Morgan fingerprint density at radius 2 is 2.15 bits per heavy atom. The third-order valence-electron chi connectivity index (χ3n) is 4.09. The molecule has 1 atom stereocenters. The first-order valence-electron chi connectivity index (χ1n) is 7.29. The zero-order valence-corrected chi connectivity index (χ0v) is 12.4. The molecule has 1 aliphatic carbocycles. The normalized spacial score (nSPS) is 17.6. The number of thioether (sulfide) groups is 1. The number of hydrogen-bond acceptors (Lipinski definition) is 4. The smallest absolute Gasteiger partial charge is 0.0557 e. The maximum absolute atomic E-state index is 5.80. The molecule has 0 radical (unpaired) electrons. The fourth-order valence-electron chi connectivity index (χ4n) is 2.96. The van der Waals surface area contributed by atoms with E-state index >= 15 is 0 Å². The average molecular weight is 287 g/mol. The fraction of sp³-hybridized carbons (Fsp3) is 0.438. The highest BCUT2D eigenvalue weighted by molar-refractivity contribution is 7.99. The summed E-state index contributed by atoms with van der Waals surface area (Å²) in [6, 6.07) is 8.62. The van der Waals surface area contributed by atoms with Crippen LogP contribution in [0.3, 0.4) is 0 Å². The minimum atomic E-state index is 0.188. The van der Waals surface area contributed by atoms with Crippen LogP contribution in [0, 0.1) is 0 Å². The van der Waals surface area contributed by atoms with Gasteiger partial charge in [-0.25, -0.2) is 0 Å². The summed E-state index contributed by atoms with van der Waals surface area (Å²) in [4.78, 5) is 4.25. The van der Waals surface area contributed by atoms with Crippen molar-refractivity contribution >= 4 is 22.5 Å². The van der Waals surface area contributed by atoms with Gasteiger partial charge in [-0.1, -0.05) is 31.0 Å². The van der Waals surface area contributed by atoms with Crippen LogP contribution >= 0.6 is 11.8 Å². The zero-order chi connectivity index (χ0) is 13.8. The van der Waals surface area contributed by atoms with E-state index in [1.54, 1.807) is 0 Å². The molecule has 0 saturated heterocycles. The van der Waals surface area contributed by atoms with E-state index in [9.17, 15) is 0 Å². The standard InChI is InChI=1S/C16H21N3S/c17-19-16(11-20-13-5-1-2-6-13)14-7-3-4-12-8-9-18-10-15(12)14/h3-4,7-10,13,16,19H,1-2,5-6,11,17H2. The predicted molar refractivity (Wildman–Crippen MR) is 86.5 cm³/mol. The number of pyridine rings is 1. The Kier molecular flexibility index (Phi) is 4.55. The molecule has 0 aliphatic heterocycles. The second kappa shape index (κ2) is 6.57. The first-order valence-corrected chi connectivity index (χ1v) is 8.34. The lowest BCUT2D eigenvalue weighted by Gasteiger charge is -2.19. The molecule has 1 aliphatic rings. The van der Waals surface area contributed by atoms with Crippen LogP contribution in [0.15, 0.2) is 36.7 Å². The molecule has 1 heterocycles. The van der Waals surface area contributed by atoms with Crippen molar-refractivity contribution in [3.05, 3.63) is 42.2 Å². The number of nitrogens with two attached hydrogens (primary N) is 1. The number of hydrogen-bond donors (Lipinski definition) is 2. The van der Waals surface area contributed by atoms with Gasteiger partial charge in [0.05, 0.1) is 6.04 Å². The van der Waals surface area contributed by atoms with Gasteiger partial charge < -0.3 is 0 Å². The van der Waals surface area contributed by atoms with Gasteiger partial charge in [-0.2, -0.15) is 11.8 Å². The van der Waals surface area contributed by atoms with Gasteiger partial charge in [0.1, 0.15) is 0 Å². The molecule has 0 amide bonds. The van der Waals surface area contributed by atoms with Crippen molar-refractivity contribution < 1.29 is 0 Å². The van der Waals surface area contributed by atoms with Crippen molar-refractivity contribution in [1.29, 1.82) is 0 Å². The maximum atomic E-state index is 5.80. The lowest BCUT2D eigenvalue weighted by Crippen LogP contribution is -2.30. The summed E-state index contributed by atoms with van der Waals surface area (Å²) in [5, 5.41) is 3.24. The van der Waals surface area contributed by atoms with Gasteiger partial charge in [0, 0.05) is 28.8 Å². The third kappa shape index (κ3) is 2.97. The van der Waals surface area contributed by atoms with Crippen LogP contribution in [-0.2, 0) is 0 Å². The van der Waals surface area contributed by atoms with E-state index in [0.29, 0.717) is 0 Å². The molecule has 1 fully saturated rings. The molecule has 1 aromatic carbocycles. The van der Waals surface area contributed by atoms with Crippen LogP contribution < -0.4 is 11.3 Å². The summed E-state index contributed by atoms with van der Waals surface area (Å²) in [6.07, 6.45) is 9.27. The van der Waals surface area contributed by atoms with Crippen molar-refractivity contribution in [1.82, 2.24) is 10.4 Å². The molecule has 1 unspecified atom stereocenters. The van der Waals surface area contributed by atoms with E-state index in [1.807, 2.05) is 12.4 Å². The van der Waals surface area contributed by atoms with Gasteiger partial charge in [-0.15, -0.1) is 0 Å². The summed E-state index contributed by atoms with van der Waals surface area (Å²) < 4.78 is 0. The van der Waals surface area contributed by atoms with E-state index in [0.717, 1.165) is 11.0 Å². The van der Waals surface area contributed by atoms with Crippen LogP contribution in [0.25, 0.3) is 10.8 Å². The van der Waals surface area contributed by atoms with Crippen LogP contribution in [0.2, 0.25) is 0 Å². The van der Waals surface area contributed by atoms with E-state index in [4.69, 9.17) is 5.84 Å². The van der Waals surface area contributed by atoms with Gasteiger partial charge >= 0.3 is 0 Å². The van der Waals surface area contributed by atoms with E-state index in [1.165, 1.54) is 42.0 Å². The SMILES string of the molecule is NNC(CSC1CCCC1)c1cccc2ccncc12. The lowest BCUT2D eigenvalue weighted by atomic mass is 10.0. The topological polar surface area (TPSA) is 50.9 Å². The number of aromatic nitrogens is 1. The monoisotopic (exact) mass is 287 g/mol.